The fourth-order valence-electron chi connectivity index (χ4n) is 4.97. The number of nitrogens with one attached hydrogen (secondary N) is 1. The fraction of sp³-hybridized carbons (Fsp3) is 0.242. The van der Waals surface area contributed by atoms with Crippen molar-refractivity contribution in [3.8, 4) is 39.7 Å². The monoisotopic (exact) mass is 638 g/mol. The molecule has 236 valence electrons. The molecule has 12 heteroatoms. The second-order valence-electron chi connectivity index (χ2n) is 10.6. The largest absolute Gasteiger partial charge is 0.493 e. The number of hydrogen-bond donors (Lipinski definition) is 2. The van der Waals surface area contributed by atoms with Crippen molar-refractivity contribution < 1.29 is 36.2 Å². The van der Waals surface area contributed by atoms with Gasteiger partial charge in [0.05, 0.1) is 17.7 Å². The van der Waals surface area contributed by atoms with Crippen LogP contribution in [0.15, 0.2) is 70.0 Å². The highest BCUT2D eigenvalue weighted by atomic mass is 32.2. The Bertz CT molecular complexity index is 2050. The molecule has 45 heavy (non-hydrogen) atoms. The Labute approximate surface area is 258 Å². The lowest BCUT2D eigenvalue weighted by Gasteiger charge is -2.15. The van der Waals surface area contributed by atoms with E-state index in [1.165, 1.54) is 35.9 Å². The van der Waals surface area contributed by atoms with Gasteiger partial charge in [-0.05, 0) is 80.4 Å². The molecule has 5 aromatic rings. The summed E-state index contributed by atoms with van der Waals surface area (Å²) in [6.45, 7) is 5.65. The van der Waals surface area contributed by atoms with Crippen LogP contribution in [0.25, 0.3) is 33.4 Å². The number of aliphatic hydroxyl groups excluding tert-OH is 1. The Morgan fingerprint density at radius 2 is 1.69 bits per heavy atom. The lowest BCUT2D eigenvalue weighted by molar-refractivity contribution is 0.232. The fourth-order valence-corrected chi connectivity index (χ4v) is 5.60. The van der Waals surface area contributed by atoms with E-state index >= 15 is 0 Å². The number of fused-ring (bicyclic) bond motifs is 1. The molecular formula is C33H32F2N2O7S. The number of halogens is 2. The van der Waals surface area contributed by atoms with E-state index in [0.717, 1.165) is 23.3 Å². The number of hydrogen-bond acceptors (Lipinski definition) is 7. The zero-order valence-corrected chi connectivity index (χ0v) is 25.9. The van der Waals surface area contributed by atoms with Crippen LogP contribution in [0, 0.1) is 25.5 Å². The smallest absolute Gasteiger partial charge is 0.261 e. The van der Waals surface area contributed by atoms with Gasteiger partial charge in [-0.3, -0.25) is 9.52 Å². The molecule has 0 fully saturated rings. The van der Waals surface area contributed by atoms with Gasteiger partial charge in [0, 0.05) is 54.7 Å². The van der Waals surface area contributed by atoms with Gasteiger partial charge in [-0.1, -0.05) is 0 Å². The number of aryl methyl sites for hydroxylation is 3. The van der Waals surface area contributed by atoms with E-state index in [0.29, 0.717) is 41.7 Å². The summed E-state index contributed by atoms with van der Waals surface area (Å²) in [5.74, 6) is -0.933. The van der Waals surface area contributed by atoms with Crippen molar-refractivity contribution in [2.45, 2.75) is 27.2 Å². The van der Waals surface area contributed by atoms with E-state index in [9.17, 15) is 22.0 Å². The van der Waals surface area contributed by atoms with Gasteiger partial charge in [0.15, 0.2) is 11.6 Å². The molecule has 2 aromatic heterocycles. The minimum atomic E-state index is -3.66. The maximum Gasteiger partial charge on any atom is 0.261 e. The number of ether oxygens (including phenoxy) is 2. The van der Waals surface area contributed by atoms with Crippen molar-refractivity contribution in [1.29, 1.82) is 0 Å². The van der Waals surface area contributed by atoms with E-state index < -0.39 is 21.7 Å². The van der Waals surface area contributed by atoms with Gasteiger partial charge in [-0.2, -0.15) is 0 Å². The first kappa shape index (κ1) is 31.7. The van der Waals surface area contributed by atoms with Crippen LogP contribution in [0.1, 0.15) is 24.5 Å². The maximum absolute atomic E-state index is 14.6. The van der Waals surface area contributed by atoms with Crippen molar-refractivity contribution >= 4 is 26.7 Å². The van der Waals surface area contributed by atoms with Crippen molar-refractivity contribution in [2.24, 2.45) is 7.05 Å². The van der Waals surface area contributed by atoms with E-state index in [-0.39, 0.29) is 51.6 Å². The van der Waals surface area contributed by atoms with Gasteiger partial charge >= 0.3 is 0 Å². The van der Waals surface area contributed by atoms with E-state index in [2.05, 4.69) is 4.72 Å². The summed E-state index contributed by atoms with van der Waals surface area (Å²) in [7, 11) is -2.09. The molecule has 9 nitrogen and oxygen atoms in total. The van der Waals surface area contributed by atoms with Crippen LogP contribution in [0.5, 0.6) is 17.2 Å². The summed E-state index contributed by atoms with van der Waals surface area (Å²) >= 11 is 0. The van der Waals surface area contributed by atoms with E-state index in [4.69, 9.17) is 19.0 Å². The van der Waals surface area contributed by atoms with Gasteiger partial charge in [-0.15, -0.1) is 0 Å². The quantitative estimate of drug-likeness (QED) is 0.155. The van der Waals surface area contributed by atoms with Crippen molar-refractivity contribution in [1.82, 2.24) is 4.57 Å². The van der Waals surface area contributed by atoms with Crippen molar-refractivity contribution in [3.05, 3.63) is 93.9 Å². The van der Waals surface area contributed by atoms with Crippen LogP contribution in [0.3, 0.4) is 0 Å². The minimum Gasteiger partial charge on any atom is -0.493 e. The molecule has 0 saturated heterocycles. The van der Waals surface area contributed by atoms with Gasteiger partial charge in [0.1, 0.15) is 28.7 Å². The molecule has 0 bridgehead atoms. The molecule has 0 saturated carbocycles. The van der Waals surface area contributed by atoms with Gasteiger partial charge < -0.3 is 23.6 Å². The van der Waals surface area contributed by atoms with Crippen LogP contribution >= 0.6 is 0 Å². The zero-order valence-electron chi connectivity index (χ0n) is 25.1. The second-order valence-corrected chi connectivity index (χ2v) is 12.6. The number of pyridine rings is 1. The first-order valence-electron chi connectivity index (χ1n) is 14.2. The van der Waals surface area contributed by atoms with Crippen molar-refractivity contribution in [3.63, 3.8) is 0 Å². The van der Waals surface area contributed by atoms with Crippen molar-refractivity contribution in [2.75, 3.05) is 23.7 Å². The molecule has 0 aliphatic carbocycles. The number of sulfonamides is 1. The number of furan rings is 1. The summed E-state index contributed by atoms with van der Waals surface area (Å²) < 4.78 is 74.9. The molecule has 0 spiro atoms. The SMILES string of the molecule is CCS(=O)(=O)Nc1ccc(Oc2ccc(F)cc2F)c(-c2cn(C)c(=O)c3cc(-c4cc(C)c(OCCCO)c(C)c4)oc23)c1. The number of anilines is 1. The Morgan fingerprint density at radius 1 is 0.978 bits per heavy atom. The van der Waals surface area contributed by atoms with Gasteiger partial charge in [-0.25, -0.2) is 17.2 Å². The van der Waals surface area contributed by atoms with E-state index in [1.807, 2.05) is 26.0 Å². The lowest BCUT2D eigenvalue weighted by atomic mass is 10.0. The predicted octanol–water partition coefficient (Wildman–Crippen LogP) is 6.68. The Kier molecular flexibility index (Phi) is 8.98. The summed E-state index contributed by atoms with van der Waals surface area (Å²) in [6.07, 6.45) is 2.02. The molecule has 2 heterocycles. The van der Waals surface area contributed by atoms with Crippen LogP contribution < -0.4 is 19.8 Å². The summed E-state index contributed by atoms with van der Waals surface area (Å²) in [5, 5.41) is 9.34. The summed E-state index contributed by atoms with van der Waals surface area (Å²) in [4.78, 5) is 13.3. The highest BCUT2D eigenvalue weighted by Crippen LogP contribution is 2.41. The normalized spacial score (nSPS) is 11.6. The lowest BCUT2D eigenvalue weighted by Crippen LogP contribution is -2.16. The third-order valence-electron chi connectivity index (χ3n) is 7.18. The minimum absolute atomic E-state index is 0.0193. The number of aromatic nitrogens is 1. The van der Waals surface area contributed by atoms with Crippen LogP contribution in [-0.4, -0.2) is 37.1 Å². The molecule has 0 radical (unpaired) electrons. The highest BCUT2D eigenvalue weighted by molar-refractivity contribution is 7.92. The molecule has 0 amide bonds. The highest BCUT2D eigenvalue weighted by Gasteiger charge is 2.22. The summed E-state index contributed by atoms with van der Waals surface area (Å²) in [6, 6.07) is 12.7. The maximum atomic E-state index is 14.6. The topological polar surface area (TPSA) is 120 Å². The number of rotatable bonds is 11. The molecular weight excluding hydrogens is 606 g/mol. The Morgan fingerprint density at radius 3 is 2.36 bits per heavy atom. The molecule has 0 aliphatic heterocycles. The predicted molar refractivity (Wildman–Crippen MR) is 169 cm³/mol. The Balaban J connectivity index is 1.68. The molecule has 2 N–H and O–H groups in total. The number of benzene rings is 3. The molecule has 0 aliphatic rings. The van der Waals surface area contributed by atoms with Crippen LogP contribution in [-0.2, 0) is 17.1 Å². The Hall–Kier alpha value is -4.68. The molecule has 3 aromatic carbocycles. The van der Waals surface area contributed by atoms with Crippen LogP contribution in [0.2, 0.25) is 0 Å². The molecule has 5 rings (SSSR count). The average Bonchev–Trinajstić information content (AvgIpc) is 3.44. The standard InChI is InChI=1S/C33H32F2N2O7S/c1-5-45(40,41)36-23-8-10-28(43-29-9-7-22(34)15-27(29)35)24(16-23)26-18-37(4)33(39)25-17-30(44-32(25)26)21-13-19(2)31(20(3)14-21)42-12-6-11-38/h7-10,13-18,36,38H,5-6,11-12H2,1-4H3. The first-order chi connectivity index (χ1) is 21.4. The van der Waals surface area contributed by atoms with E-state index in [1.54, 1.807) is 13.1 Å². The van der Waals surface area contributed by atoms with Crippen LogP contribution in [0.4, 0.5) is 14.5 Å². The van der Waals surface area contributed by atoms with Gasteiger partial charge in [0.2, 0.25) is 10.0 Å². The average molecular weight is 639 g/mol. The molecule has 0 atom stereocenters. The summed E-state index contributed by atoms with van der Waals surface area (Å²) in [5.41, 5.74) is 3.09. The molecule has 0 unspecified atom stereocenters. The second kappa shape index (κ2) is 12.7. The third kappa shape index (κ3) is 6.71. The third-order valence-corrected chi connectivity index (χ3v) is 8.49. The van der Waals surface area contributed by atoms with Gasteiger partial charge in [0.25, 0.3) is 5.56 Å². The number of aliphatic hydroxyl groups is 1. The zero-order chi connectivity index (χ0) is 32.5. The number of nitrogens with zero attached hydrogens (tertiary/aromatic N) is 1. The first-order valence-corrected chi connectivity index (χ1v) is 15.8.